The minimum atomic E-state index is 0.00944. The predicted molar refractivity (Wildman–Crippen MR) is 50.7 cm³/mol. The third kappa shape index (κ3) is 2.46. The molecule has 1 fully saturated rings. The zero-order valence-corrected chi connectivity index (χ0v) is 8.16. The monoisotopic (exact) mass is 171 g/mol. The molecule has 2 heteroatoms. The van der Waals surface area contributed by atoms with Gasteiger partial charge in [0.15, 0.2) is 0 Å². The molecule has 0 bridgehead atoms. The molecule has 0 spiro atoms. The lowest BCUT2D eigenvalue weighted by molar-refractivity contribution is 0.150. The summed E-state index contributed by atoms with van der Waals surface area (Å²) in [5.41, 5.74) is 5.82. The maximum Gasteiger partial charge on any atom is 0.0585 e. The molecule has 0 aliphatic heterocycles. The van der Waals surface area contributed by atoms with Crippen LogP contribution >= 0.6 is 0 Å². The highest BCUT2D eigenvalue weighted by Crippen LogP contribution is 2.33. The molecule has 0 aromatic rings. The molecule has 1 aliphatic rings. The van der Waals surface area contributed by atoms with Gasteiger partial charge in [-0.3, -0.25) is 0 Å². The average molecular weight is 171 g/mol. The predicted octanol–water partition coefficient (Wildman–Crippen LogP) is 1.38. The van der Waals surface area contributed by atoms with Crippen LogP contribution in [0.25, 0.3) is 0 Å². The fourth-order valence-electron chi connectivity index (χ4n) is 2.51. The van der Waals surface area contributed by atoms with E-state index >= 15 is 0 Å². The van der Waals surface area contributed by atoms with Crippen molar-refractivity contribution < 1.29 is 5.11 Å². The summed E-state index contributed by atoms with van der Waals surface area (Å²) in [7, 11) is 0. The van der Waals surface area contributed by atoms with Gasteiger partial charge in [0, 0.05) is 6.04 Å². The minimum Gasteiger partial charge on any atom is -0.395 e. The Morgan fingerprint density at radius 2 is 1.75 bits per heavy atom. The summed E-state index contributed by atoms with van der Waals surface area (Å²) < 4.78 is 0. The summed E-state index contributed by atoms with van der Waals surface area (Å²) in [4.78, 5) is 0. The normalized spacial score (nSPS) is 39.5. The molecule has 0 heterocycles. The SMILES string of the molecule is CC1CC(C)CC(C(N)CO)C1. The van der Waals surface area contributed by atoms with Crippen molar-refractivity contribution in [3.05, 3.63) is 0 Å². The van der Waals surface area contributed by atoms with Gasteiger partial charge in [-0.2, -0.15) is 0 Å². The molecule has 2 nitrogen and oxygen atoms in total. The summed E-state index contributed by atoms with van der Waals surface area (Å²) in [5.74, 6) is 2.13. The number of aliphatic hydroxyl groups is 1. The van der Waals surface area contributed by atoms with E-state index in [0.29, 0.717) is 5.92 Å². The van der Waals surface area contributed by atoms with E-state index in [-0.39, 0.29) is 12.6 Å². The first-order chi connectivity index (χ1) is 5.63. The first-order valence-electron chi connectivity index (χ1n) is 5.00. The van der Waals surface area contributed by atoms with Gasteiger partial charge in [0.2, 0.25) is 0 Å². The van der Waals surface area contributed by atoms with E-state index < -0.39 is 0 Å². The van der Waals surface area contributed by atoms with Crippen LogP contribution in [0.5, 0.6) is 0 Å². The highest BCUT2D eigenvalue weighted by Gasteiger charge is 2.27. The lowest BCUT2D eigenvalue weighted by atomic mass is 9.74. The van der Waals surface area contributed by atoms with Crippen molar-refractivity contribution in [3.63, 3.8) is 0 Å². The first-order valence-corrected chi connectivity index (χ1v) is 5.00. The molecular formula is C10H21NO. The fraction of sp³-hybridized carbons (Fsp3) is 1.00. The van der Waals surface area contributed by atoms with E-state index in [1.165, 1.54) is 19.3 Å². The highest BCUT2D eigenvalue weighted by atomic mass is 16.3. The van der Waals surface area contributed by atoms with Crippen molar-refractivity contribution in [1.82, 2.24) is 0 Å². The Kier molecular flexibility index (Phi) is 3.53. The molecule has 0 aromatic carbocycles. The van der Waals surface area contributed by atoms with Crippen LogP contribution in [0, 0.1) is 17.8 Å². The van der Waals surface area contributed by atoms with Crippen molar-refractivity contribution in [2.75, 3.05) is 6.61 Å². The van der Waals surface area contributed by atoms with E-state index in [4.69, 9.17) is 10.8 Å². The van der Waals surface area contributed by atoms with Gasteiger partial charge < -0.3 is 10.8 Å². The van der Waals surface area contributed by atoms with Crippen molar-refractivity contribution in [2.24, 2.45) is 23.5 Å². The van der Waals surface area contributed by atoms with Crippen LogP contribution in [-0.4, -0.2) is 17.8 Å². The Labute approximate surface area is 75.2 Å². The van der Waals surface area contributed by atoms with Crippen LogP contribution in [0.15, 0.2) is 0 Å². The van der Waals surface area contributed by atoms with Gasteiger partial charge in [-0.05, 0) is 37.0 Å². The summed E-state index contributed by atoms with van der Waals surface area (Å²) in [6.07, 6.45) is 3.73. The number of aliphatic hydroxyl groups excluding tert-OH is 1. The standard InChI is InChI=1S/C10H21NO/c1-7-3-8(2)5-9(4-7)10(11)6-12/h7-10,12H,3-6,11H2,1-2H3. The summed E-state index contributed by atoms with van der Waals surface area (Å²) in [6.45, 7) is 4.71. The molecule has 1 saturated carbocycles. The number of nitrogens with two attached hydrogens (primary N) is 1. The topological polar surface area (TPSA) is 46.2 Å². The quantitative estimate of drug-likeness (QED) is 0.659. The first kappa shape index (κ1) is 10.0. The third-order valence-electron chi connectivity index (χ3n) is 3.03. The zero-order valence-electron chi connectivity index (χ0n) is 8.16. The Hall–Kier alpha value is -0.0800. The fourth-order valence-corrected chi connectivity index (χ4v) is 2.51. The van der Waals surface area contributed by atoms with Crippen molar-refractivity contribution in [3.8, 4) is 0 Å². The molecule has 3 unspecified atom stereocenters. The van der Waals surface area contributed by atoms with Crippen LogP contribution < -0.4 is 5.73 Å². The average Bonchev–Trinajstić information content (AvgIpc) is 2.01. The maximum absolute atomic E-state index is 8.93. The van der Waals surface area contributed by atoms with Gasteiger partial charge in [-0.15, -0.1) is 0 Å². The Morgan fingerprint density at radius 3 is 2.17 bits per heavy atom. The molecule has 1 rings (SSSR count). The molecule has 1 aliphatic carbocycles. The summed E-state index contributed by atoms with van der Waals surface area (Å²) in [5, 5.41) is 8.93. The van der Waals surface area contributed by atoms with Crippen LogP contribution in [0.1, 0.15) is 33.1 Å². The lowest BCUT2D eigenvalue weighted by Crippen LogP contribution is -2.38. The van der Waals surface area contributed by atoms with Gasteiger partial charge >= 0.3 is 0 Å². The van der Waals surface area contributed by atoms with Crippen molar-refractivity contribution in [2.45, 2.75) is 39.2 Å². The molecule has 72 valence electrons. The summed E-state index contributed by atoms with van der Waals surface area (Å²) in [6, 6.07) is 0.00944. The van der Waals surface area contributed by atoms with Gasteiger partial charge in [-0.25, -0.2) is 0 Å². The smallest absolute Gasteiger partial charge is 0.0585 e. The lowest BCUT2D eigenvalue weighted by Gasteiger charge is -2.34. The second-order valence-electron chi connectivity index (χ2n) is 4.52. The highest BCUT2D eigenvalue weighted by molar-refractivity contribution is 4.81. The largest absolute Gasteiger partial charge is 0.395 e. The van der Waals surface area contributed by atoms with Gasteiger partial charge in [0.1, 0.15) is 0 Å². The van der Waals surface area contributed by atoms with Crippen LogP contribution in [0.4, 0.5) is 0 Å². The molecule has 0 saturated heterocycles. The van der Waals surface area contributed by atoms with E-state index in [0.717, 1.165) is 11.8 Å². The number of hydrogen-bond acceptors (Lipinski definition) is 2. The number of hydrogen-bond donors (Lipinski definition) is 2. The molecule has 12 heavy (non-hydrogen) atoms. The zero-order chi connectivity index (χ0) is 9.14. The van der Waals surface area contributed by atoms with Gasteiger partial charge in [-0.1, -0.05) is 13.8 Å². The third-order valence-corrected chi connectivity index (χ3v) is 3.03. The summed E-state index contributed by atoms with van der Waals surface area (Å²) >= 11 is 0. The van der Waals surface area contributed by atoms with E-state index in [1.54, 1.807) is 0 Å². The Balaban J connectivity index is 2.43. The van der Waals surface area contributed by atoms with Crippen molar-refractivity contribution in [1.29, 1.82) is 0 Å². The molecule has 0 radical (unpaired) electrons. The molecule has 3 atom stereocenters. The van der Waals surface area contributed by atoms with E-state index in [9.17, 15) is 0 Å². The van der Waals surface area contributed by atoms with Crippen LogP contribution in [-0.2, 0) is 0 Å². The van der Waals surface area contributed by atoms with Crippen molar-refractivity contribution >= 4 is 0 Å². The molecule has 3 N–H and O–H groups in total. The van der Waals surface area contributed by atoms with E-state index in [2.05, 4.69) is 13.8 Å². The van der Waals surface area contributed by atoms with Crippen LogP contribution in [0.3, 0.4) is 0 Å². The Morgan fingerprint density at radius 1 is 1.25 bits per heavy atom. The maximum atomic E-state index is 8.93. The second kappa shape index (κ2) is 4.24. The molecular weight excluding hydrogens is 150 g/mol. The van der Waals surface area contributed by atoms with Gasteiger partial charge in [0.05, 0.1) is 6.61 Å². The van der Waals surface area contributed by atoms with Crippen LogP contribution in [0.2, 0.25) is 0 Å². The molecule has 0 amide bonds. The van der Waals surface area contributed by atoms with E-state index in [1.807, 2.05) is 0 Å². The number of rotatable bonds is 2. The minimum absolute atomic E-state index is 0.00944. The second-order valence-corrected chi connectivity index (χ2v) is 4.52. The van der Waals surface area contributed by atoms with Gasteiger partial charge in [0.25, 0.3) is 0 Å². The molecule has 0 aromatic heterocycles. The Bertz CT molecular complexity index is 128.